The van der Waals surface area contributed by atoms with Crippen molar-refractivity contribution >= 4 is 35.7 Å². The minimum atomic E-state index is 0.00150. The van der Waals surface area contributed by atoms with Crippen LogP contribution in [0.15, 0.2) is 54.7 Å². The predicted octanol–water partition coefficient (Wildman–Crippen LogP) is 4.23. The van der Waals surface area contributed by atoms with Gasteiger partial charge in [-0.2, -0.15) is 0 Å². The van der Waals surface area contributed by atoms with Gasteiger partial charge in [-0.25, -0.2) is 0 Å². The van der Waals surface area contributed by atoms with E-state index in [9.17, 15) is 4.79 Å². The monoisotopic (exact) mass is 373 g/mol. The third-order valence-corrected chi connectivity index (χ3v) is 4.65. The molecular weight excluding hydrogens is 356 g/mol. The normalized spacial score (nSPS) is 11.5. The van der Waals surface area contributed by atoms with E-state index in [0.717, 1.165) is 29.9 Å². The van der Waals surface area contributed by atoms with E-state index in [1.54, 1.807) is 6.20 Å². The van der Waals surface area contributed by atoms with Gasteiger partial charge in [0.1, 0.15) is 0 Å². The van der Waals surface area contributed by atoms with Gasteiger partial charge in [-0.3, -0.25) is 0 Å². The second kappa shape index (κ2) is 6.46. The maximum absolute atomic E-state index is 13.0. The molecule has 0 aliphatic rings. The standard InChI is InChI=1S/C20H19NO2.Ga/c1-20(2,3)14-8-6-13(7-9-14)19(23)16-10-11-17(22)18-15(16)5-4-12-21-18;/h4-12,22H,1-3H3;/q;+1/p-1. The molecule has 0 aliphatic carbocycles. The van der Waals surface area contributed by atoms with E-state index in [1.165, 1.54) is 5.56 Å². The van der Waals surface area contributed by atoms with E-state index >= 15 is 0 Å². The van der Waals surface area contributed by atoms with Gasteiger partial charge in [0.15, 0.2) is 0 Å². The molecule has 3 nitrogen and oxygen atoms in total. The van der Waals surface area contributed by atoms with Crippen molar-refractivity contribution in [3.63, 3.8) is 0 Å². The Morgan fingerprint density at radius 3 is 2.38 bits per heavy atom. The predicted molar refractivity (Wildman–Crippen MR) is 96.7 cm³/mol. The molecule has 2 radical (unpaired) electrons. The third kappa shape index (κ3) is 3.12. The number of ketones is 1. The van der Waals surface area contributed by atoms with Gasteiger partial charge in [0.25, 0.3) is 0 Å². The molecule has 3 aromatic rings. The zero-order valence-corrected chi connectivity index (χ0v) is 16.5. The van der Waals surface area contributed by atoms with Crippen LogP contribution < -0.4 is 3.53 Å². The summed E-state index contributed by atoms with van der Waals surface area (Å²) in [6.45, 7) is 6.48. The van der Waals surface area contributed by atoms with Crippen LogP contribution in [-0.4, -0.2) is 29.7 Å². The molecule has 24 heavy (non-hydrogen) atoms. The van der Waals surface area contributed by atoms with Crippen LogP contribution in [0.4, 0.5) is 0 Å². The molecule has 2 aromatic carbocycles. The summed E-state index contributed by atoms with van der Waals surface area (Å²) >= 11 is 1.15. The van der Waals surface area contributed by atoms with Crippen LogP contribution in [0.3, 0.4) is 0 Å². The van der Waals surface area contributed by atoms with Crippen LogP contribution in [-0.2, 0) is 5.41 Å². The number of hydrogen-bond donors (Lipinski definition) is 0. The Balaban J connectivity index is 2.06. The van der Waals surface area contributed by atoms with Gasteiger partial charge in [0.2, 0.25) is 0 Å². The molecule has 0 N–H and O–H groups in total. The molecule has 1 aromatic heterocycles. The van der Waals surface area contributed by atoms with E-state index in [4.69, 9.17) is 3.53 Å². The van der Waals surface area contributed by atoms with E-state index in [2.05, 4.69) is 25.8 Å². The molecule has 3 rings (SSSR count). The average molecular weight is 374 g/mol. The van der Waals surface area contributed by atoms with Crippen molar-refractivity contribution in [2.24, 2.45) is 0 Å². The number of rotatable bonds is 3. The first-order valence-electron chi connectivity index (χ1n) is 7.81. The van der Waals surface area contributed by atoms with Gasteiger partial charge in [0, 0.05) is 0 Å². The second-order valence-corrected chi connectivity index (χ2v) is 7.28. The van der Waals surface area contributed by atoms with Crippen LogP contribution in [0.5, 0.6) is 5.75 Å². The number of benzene rings is 2. The first kappa shape index (κ1) is 16.8. The summed E-state index contributed by atoms with van der Waals surface area (Å²) < 4.78 is 5.41. The van der Waals surface area contributed by atoms with Crippen molar-refractivity contribution in [3.05, 3.63) is 71.4 Å². The Labute approximate surface area is 152 Å². The number of hydrogen-bond acceptors (Lipinski definition) is 3. The van der Waals surface area contributed by atoms with Crippen LogP contribution in [0.1, 0.15) is 42.3 Å². The Bertz CT molecular complexity index is 896. The zero-order valence-electron chi connectivity index (χ0n) is 14.0. The van der Waals surface area contributed by atoms with Gasteiger partial charge >= 0.3 is 152 Å². The summed E-state index contributed by atoms with van der Waals surface area (Å²) in [6.07, 6.45) is 1.71. The van der Waals surface area contributed by atoms with Crippen LogP contribution >= 0.6 is 0 Å². The molecular formula is C20H18GaNO2. The fraction of sp³-hybridized carbons (Fsp3) is 0.200. The van der Waals surface area contributed by atoms with Gasteiger partial charge in [0.05, 0.1) is 0 Å². The molecule has 0 spiro atoms. The molecule has 0 amide bonds. The van der Waals surface area contributed by atoms with E-state index in [1.807, 2.05) is 48.5 Å². The Kier molecular flexibility index (Phi) is 4.52. The molecule has 4 heteroatoms. The summed E-state index contributed by atoms with van der Waals surface area (Å²) in [5.74, 6) is 0.701. The molecule has 118 valence electrons. The van der Waals surface area contributed by atoms with Gasteiger partial charge in [-0.15, -0.1) is 0 Å². The molecule has 0 aliphatic heterocycles. The van der Waals surface area contributed by atoms with Crippen molar-refractivity contribution in [2.75, 3.05) is 0 Å². The summed E-state index contributed by atoms with van der Waals surface area (Å²) in [5.41, 5.74) is 3.33. The van der Waals surface area contributed by atoms with Crippen molar-refractivity contribution in [3.8, 4) is 5.75 Å². The summed E-state index contributed by atoms with van der Waals surface area (Å²) in [7, 11) is 0. The topological polar surface area (TPSA) is 39.2 Å². The van der Waals surface area contributed by atoms with Gasteiger partial charge in [-0.05, 0) is 0 Å². The minimum absolute atomic E-state index is 0.00150. The van der Waals surface area contributed by atoms with Crippen molar-refractivity contribution < 1.29 is 8.32 Å². The molecule has 0 unspecified atom stereocenters. The van der Waals surface area contributed by atoms with Gasteiger partial charge < -0.3 is 0 Å². The average Bonchev–Trinajstić information content (AvgIpc) is 2.59. The van der Waals surface area contributed by atoms with Gasteiger partial charge in [-0.1, -0.05) is 0 Å². The first-order valence-corrected chi connectivity index (χ1v) is 8.80. The second-order valence-electron chi connectivity index (χ2n) is 6.79. The van der Waals surface area contributed by atoms with Crippen molar-refractivity contribution in [1.29, 1.82) is 0 Å². The number of carbonyl (C=O) groups is 1. The molecule has 0 saturated heterocycles. The summed E-state index contributed by atoms with van der Waals surface area (Å²) in [6, 6.07) is 15.2. The van der Waals surface area contributed by atoms with E-state index in [0.29, 0.717) is 16.9 Å². The first-order chi connectivity index (χ1) is 11.4. The van der Waals surface area contributed by atoms with Crippen molar-refractivity contribution in [2.45, 2.75) is 26.2 Å². The molecule has 0 fully saturated rings. The van der Waals surface area contributed by atoms with Crippen LogP contribution in [0, 0.1) is 0 Å². The van der Waals surface area contributed by atoms with E-state index in [-0.39, 0.29) is 11.2 Å². The number of nitrogens with zero attached hydrogens (tertiary/aromatic N) is 1. The molecule has 1 heterocycles. The Hall–Kier alpha value is -2.04. The molecule has 0 saturated carbocycles. The SMILES string of the molecule is CC(C)(C)c1ccc(C(=O)c2ccc([O][Ga])c3ncccc23)cc1. The molecule has 0 bridgehead atoms. The Morgan fingerprint density at radius 2 is 1.75 bits per heavy atom. The summed E-state index contributed by atoms with van der Waals surface area (Å²) in [5, 5.41) is 0.817. The quantitative estimate of drug-likeness (QED) is 0.509. The third-order valence-electron chi connectivity index (χ3n) is 4.12. The molecule has 0 atom stereocenters. The summed E-state index contributed by atoms with van der Waals surface area (Å²) in [4.78, 5) is 17.3. The fourth-order valence-corrected chi connectivity index (χ4v) is 3.12. The van der Waals surface area contributed by atoms with Crippen LogP contribution in [0.25, 0.3) is 10.9 Å². The maximum atomic E-state index is 13.0. The number of fused-ring (bicyclic) bond motifs is 1. The Morgan fingerprint density at radius 1 is 1.04 bits per heavy atom. The van der Waals surface area contributed by atoms with E-state index < -0.39 is 0 Å². The zero-order chi connectivity index (χ0) is 17.3. The number of pyridine rings is 1. The fourth-order valence-electron chi connectivity index (χ4n) is 2.72. The van der Waals surface area contributed by atoms with Crippen molar-refractivity contribution in [1.82, 2.24) is 4.98 Å². The number of carbonyl (C=O) groups excluding carboxylic acids is 1. The number of aromatic nitrogens is 1. The van der Waals surface area contributed by atoms with Crippen LogP contribution in [0.2, 0.25) is 0 Å².